The number of fused-ring (bicyclic) bond motifs is 1. The maximum atomic E-state index is 13.4. The summed E-state index contributed by atoms with van der Waals surface area (Å²) < 4.78 is 26.6. The van der Waals surface area contributed by atoms with E-state index in [-0.39, 0.29) is 12.6 Å². The van der Waals surface area contributed by atoms with E-state index in [2.05, 4.69) is 15.6 Å². The van der Waals surface area contributed by atoms with Gasteiger partial charge in [0.1, 0.15) is 0 Å². The summed E-state index contributed by atoms with van der Waals surface area (Å²) in [5, 5.41) is 15.0. The summed E-state index contributed by atoms with van der Waals surface area (Å²) in [6.45, 7) is 0.286. The van der Waals surface area contributed by atoms with Crippen LogP contribution in [0.5, 0.6) is 0 Å². The summed E-state index contributed by atoms with van der Waals surface area (Å²) in [6, 6.07) is 8.73. The van der Waals surface area contributed by atoms with Crippen LogP contribution in [0, 0.1) is 11.6 Å². The Labute approximate surface area is 142 Å². The average molecular weight is 345 g/mol. The maximum absolute atomic E-state index is 13.4. The molecule has 25 heavy (non-hydrogen) atoms. The number of hydrogen-bond donors (Lipinski definition) is 4. The molecule has 0 radical (unpaired) electrons. The molecule has 3 aromatic rings. The monoisotopic (exact) mass is 345 g/mol. The van der Waals surface area contributed by atoms with E-state index in [0.29, 0.717) is 29.6 Å². The van der Waals surface area contributed by atoms with Crippen molar-refractivity contribution in [2.75, 3.05) is 11.9 Å². The van der Waals surface area contributed by atoms with Crippen LogP contribution in [0.15, 0.2) is 42.6 Å². The lowest BCUT2D eigenvalue weighted by molar-refractivity contribution is 0.252. The van der Waals surface area contributed by atoms with Crippen molar-refractivity contribution in [3.63, 3.8) is 0 Å². The van der Waals surface area contributed by atoms with Crippen LogP contribution in [0.2, 0.25) is 0 Å². The van der Waals surface area contributed by atoms with Crippen molar-refractivity contribution >= 4 is 22.6 Å². The Morgan fingerprint density at radius 3 is 2.56 bits per heavy atom. The number of urea groups is 1. The molecule has 0 aliphatic carbocycles. The smallest absolute Gasteiger partial charge is 0.319 e. The zero-order valence-corrected chi connectivity index (χ0v) is 13.3. The highest BCUT2D eigenvalue weighted by Gasteiger charge is 2.09. The maximum Gasteiger partial charge on any atom is 0.319 e. The number of aromatic nitrogens is 1. The van der Waals surface area contributed by atoms with Gasteiger partial charge in [-0.2, -0.15) is 0 Å². The van der Waals surface area contributed by atoms with Crippen molar-refractivity contribution in [2.24, 2.45) is 0 Å². The van der Waals surface area contributed by atoms with Crippen molar-refractivity contribution in [3.8, 4) is 0 Å². The third-order valence-electron chi connectivity index (χ3n) is 3.88. The molecule has 2 aromatic carbocycles. The molecule has 0 fully saturated rings. The first-order valence-corrected chi connectivity index (χ1v) is 7.76. The van der Waals surface area contributed by atoms with Crippen molar-refractivity contribution in [3.05, 3.63) is 65.4 Å². The molecule has 0 saturated carbocycles. The van der Waals surface area contributed by atoms with E-state index in [0.717, 1.165) is 23.3 Å². The van der Waals surface area contributed by atoms with Crippen LogP contribution in [0.25, 0.3) is 10.9 Å². The van der Waals surface area contributed by atoms with Gasteiger partial charge in [-0.15, -0.1) is 0 Å². The van der Waals surface area contributed by atoms with Gasteiger partial charge in [0.15, 0.2) is 11.6 Å². The molecule has 2 amide bonds. The molecule has 1 aromatic heterocycles. The van der Waals surface area contributed by atoms with Crippen molar-refractivity contribution in [1.29, 1.82) is 0 Å². The molecule has 0 spiro atoms. The highest BCUT2D eigenvalue weighted by atomic mass is 19.2. The summed E-state index contributed by atoms with van der Waals surface area (Å²) in [4.78, 5) is 14.8. The fourth-order valence-corrected chi connectivity index (χ4v) is 2.56. The van der Waals surface area contributed by atoms with Crippen LogP contribution in [-0.4, -0.2) is 22.7 Å². The normalized spacial score (nSPS) is 10.8. The average Bonchev–Trinajstić information content (AvgIpc) is 2.98. The molecule has 130 valence electrons. The molecule has 0 aliphatic heterocycles. The van der Waals surface area contributed by atoms with E-state index < -0.39 is 11.6 Å². The van der Waals surface area contributed by atoms with Crippen molar-refractivity contribution < 1.29 is 18.7 Å². The first kappa shape index (κ1) is 16.9. The Bertz CT molecular complexity index is 891. The minimum Gasteiger partial charge on any atom is -0.392 e. The number of H-pyrrole nitrogens is 1. The van der Waals surface area contributed by atoms with Gasteiger partial charge in [0.05, 0.1) is 6.61 Å². The van der Waals surface area contributed by atoms with E-state index in [9.17, 15) is 13.6 Å². The van der Waals surface area contributed by atoms with Crippen molar-refractivity contribution in [2.45, 2.75) is 13.0 Å². The van der Waals surface area contributed by atoms with Gasteiger partial charge in [0.25, 0.3) is 0 Å². The molecule has 0 unspecified atom stereocenters. The van der Waals surface area contributed by atoms with Crippen molar-refractivity contribution in [1.82, 2.24) is 10.3 Å². The second kappa shape index (κ2) is 7.31. The number of nitrogens with one attached hydrogen (secondary N) is 3. The zero-order chi connectivity index (χ0) is 17.8. The fourth-order valence-electron chi connectivity index (χ4n) is 2.56. The standard InChI is InChI=1S/C18H17F2N3O2/c19-15-7-14-12(9-22-17(14)8-16(15)20)5-6-21-18(25)23-13-3-1-11(10-24)2-4-13/h1-4,7-9,22,24H,5-6,10H2,(H2,21,23,25). The van der Waals surface area contributed by atoms with Crippen LogP contribution >= 0.6 is 0 Å². The highest BCUT2D eigenvalue weighted by molar-refractivity contribution is 5.89. The van der Waals surface area contributed by atoms with Gasteiger partial charge in [-0.25, -0.2) is 13.6 Å². The highest BCUT2D eigenvalue weighted by Crippen LogP contribution is 2.21. The molecular formula is C18H17F2N3O2. The largest absolute Gasteiger partial charge is 0.392 e. The Kier molecular flexibility index (Phi) is 4.95. The Hall–Kier alpha value is -2.93. The van der Waals surface area contributed by atoms with Crippen LogP contribution in [0.4, 0.5) is 19.3 Å². The molecule has 0 atom stereocenters. The Balaban J connectivity index is 1.55. The zero-order valence-electron chi connectivity index (χ0n) is 13.3. The minimum absolute atomic E-state index is 0.0540. The third-order valence-corrected chi connectivity index (χ3v) is 3.88. The molecule has 7 heteroatoms. The van der Waals surface area contributed by atoms with Crippen LogP contribution in [0.1, 0.15) is 11.1 Å². The first-order valence-electron chi connectivity index (χ1n) is 7.76. The lowest BCUT2D eigenvalue weighted by Crippen LogP contribution is -2.30. The predicted molar refractivity (Wildman–Crippen MR) is 91.3 cm³/mol. The first-order chi connectivity index (χ1) is 12.1. The number of halogens is 2. The number of benzene rings is 2. The molecule has 0 saturated heterocycles. The van der Waals surface area contributed by atoms with Gasteiger partial charge in [0.2, 0.25) is 0 Å². The van der Waals surface area contributed by atoms with E-state index in [4.69, 9.17) is 5.11 Å². The lowest BCUT2D eigenvalue weighted by Gasteiger charge is -2.08. The summed E-state index contributed by atoms with van der Waals surface area (Å²) >= 11 is 0. The number of hydrogen-bond acceptors (Lipinski definition) is 2. The lowest BCUT2D eigenvalue weighted by atomic mass is 10.1. The number of aromatic amines is 1. The number of amides is 2. The fraction of sp³-hybridized carbons (Fsp3) is 0.167. The Morgan fingerprint density at radius 1 is 1.12 bits per heavy atom. The second-order valence-corrected chi connectivity index (χ2v) is 5.61. The number of anilines is 1. The van der Waals surface area contributed by atoms with Gasteiger partial charge in [0, 0.05) is 35.4 Å². The SMILES string of the molecule is O=C(NCCc1c[nH]c2cc(F)c(F)cc12)Nc1ccc(CO)cc1. The number of rotatable bonds is 5. The number of aliphatic hydroxyl groups is 1. The molecule has 4 N–H and O–H groups in total. The molecular weight excluding hydrogens is 328 g/mol. The number of carbonyl (C=O) groups is 1. The van der Waals surface area contributed by atoms with Crippen LogP contribution in [-0.2, 0) is 13.0 Å². The molecule has 0 bridgehead atoms. The molecule has 1 heterocycles. The number of carbonyl (C=O) groups excluding carboxylic acids is 1. The summed E-state index contributed by atoms with van der Waals surface area (Å²) in [6.07, 6.45) is 2.15. The van der Waals surface area contributed by atoms with E-state index >= 15 is 0 Å². The molecule has 5 nitrogen and oxygen atoms in total. The number of aliphatic hydroxyl groups excluding tert-OH is 1. The topological polar surface area (TPSA) is 77.2 Å². The minimum atomic E-state index is -0.898. The van der Waals surface area contributed by atoms with Crippen LogP contribution in [0.3, 0.4) is 0 Å². The van der Waals surface area contributed by atoms with E-state index in [1.54, 1.807) is 30.5 Å². The molecule has 3 rings (SSSR count). The summed E-state index contributed by atoms with van der Waals surface area (Å²) in [5.41, 5.74) is 2.68. The van der Waals surface area contributed by atoms with E-state index in [1.165, 1.54) is 0 Å². The summed E-state index contributed by atoms with van der Waals surface area (Å²) in [7, 11) is 0. The Morgan fingerprint density at radius 2 is 1.84 bits per heavy atom. The molecule has 0 aliphatic rings. The van der Waals surface area contributed by atoms with Gasteiger partial charge >= 0.3 is 6.03 Å². The van der Waals surface area contributed by atoms with Gasteiger partial charge < -0.3 is 20.7 Å². The summed E-state index contributed by atoms with van der Waals surface area (Å²) in [5.74, 6) is -1.80. The predicted octanol–water partition coefficient (Wildman–Crippen LogP) is 3.30. The van der Waals surface area contributed by atoms with Gasteiger partial charge in [-0.05, 0) is 35.7 Å². The second-order valence-electron chi connectivity index (χ2n) is 5.61. The van der Waals surface area contributed by atoms with Gasteiger partial charge in [-0.1, -0.05) is 12.1 Å². The van der Waals surface area contributed by atoms with Crippen LogP contribution < -0.4 is 10.6 Å². The van der Waals surface area contributed by atoms with Gasteiger partial charge in [-0.3, -0.25) is 0 Å². The quantitative estimate of drug-likeness (QED) is 0.573. The van der Waals surface area contributed by atoms with E-state index in [1.807, 2.05) is 0 Å². The third kappa shape index (κ3) is 3.95.